The van der Waals surface area contributed by atoms with Gasteiger partial charge in [0.25, 0.3) is 0 Å². The molecule has 0 atom stereocenters. The van der Waals surface area contributed by atoms with Crippen molar-refractivity contribution in [2.45, 2.75) is 27.7 Å². The number of hydrogen-bond donors (Lipinski definition) is 0. The molecule has 0 bridgehead atoms. The molecule has 2 rings (SSSR count). The third-order valence-corrected chi connectivity index (χ3v) is 2.66. The second kappa shape index (κ2) is 5.04. The third-order valence-electron chi connectivity index (χ3n) is 2.66. The number of azo groups is 1. The molecule has 0 N–H and O–H groups in total. The summed E-state index contributed by atoms with van der Waals surface area (Å²) in [4.78, 5) is 8.71. The molecule has 92 valence electrons. The Bertz CT molecular complexity index is 549. The molecule has 0 spiro atoms. The Morgan fingerprint density at radius 2 is 1.06 bits per heavy atom. The zero-order valence-corrected chi connectivity index (χ0v) is 11.1. The molecule has 0 aliphatic rings. The van der Waals surface area contributed by atoms with Gasteiger partial charge in [-0.25, -0.2) is 0 Å². The summed E-state index contributed by atoms with van der Waals surface area (Å²) in [5, 5.41) is 8.46. The van der Waals surface area contributed by atoms with Crippen molar-refractivity contribution in [1.29, 1.82) is 0 Å². The van der Waals surface area contributed by atoms with E-state index in [9.17, 15) is 0 Å². The molecule has 0 unspecified atom stereocenters. The van der Waals surface area contributed by atoms with Crippen LogP contribution >= 0.6 is 0 Å². The summed E-state index contributed by atoms with van der Waals surface area (Å²) in [6.45, 7) is 7.78. The molecule has 4 nitrogen and oxygen atoms in total. The van der Waals surface area contributed by atoms with Crippen LogP contribution in [0.3, 0.4) is 0 Å². The van der Waals surface area contributed by atoms with Crippen molar-refractivity contribution in [3.8, 4) is 0 Å². The fourth-order valence-electron chi connectivity index (χ4n) is 1.68. The highest BCUT2D eigenvalue weighted by molar-refractivity contribution is 5.45. The summed E-state index contributed by atoms with van der Waals surface area (Å²) in [5.74, 6) is 0. The Morgan fingerprint density at radius 3 is 1.39 bits per heavy atom. The van der Waals surface area contributed by atoms with Crippen LogP contribution in [0.2, 0.25) is 0 Å². The minimum atomic E-state index is 0.792. The highest BCUT2D eigenvalue weighted by Gasteiger charge is 2.00. The van der Waals surface area contributed by atoms with Crippen LogP contribution < -0.4 is 0 Å². The number of pyridine rings is 2. The molecule has 2 heterocycles. The number of nitrogens with zero attached hydrogens (tertiary/aromatic N) is 4. The monoisotopic (exact) mass is 240 g/mol. The molecule has 0 amide bonds. The van der Waals surface area contributed by atoms with Crippen LogP contribution in [0.15, 0.2) is 34.5 Å². The lowest BCUT2D eigenvalue weighted by Gasteiger charge is -2.01. The molecule has 0 aromatic carbocycles. The van der Waals surface area contributed by atoms with Gasteiger partial charge in [-0.1, -0.05) is 0 Å². The first-order valence-corrected chi connectivity index (χ1v) is 5.86. The molecule has 0 aliphatic heterocycles. The number of aromatic nitrogens is 2. The van der Waals surface area contributed by atoms with Crippen molar-refractivity contribution < 1.29 is 0 Å². The van der Waals surface area contributed by atoms with Crippen molar-refractivity contribution in [2.75, 3.05) is 0 Å². The molecule has 4 heteroatoms. The quantitative estimate of drug-likeness (QED) is 0.741. The number of aryl methyl sites for hydroxylation is 4. The van der Waals surface area contributed by atoms with Gasteiger partial charge >= 0.3 is 0 Å². The lowest BCUT2D eigenvalue weighted by atomic mass is 10.3. The summed E-state index contributed by atoms with van der Waals surface area (Å²) in [5.41, 5.74) is 5.33. The molecule has 0 aliphatic carbocycles. The van der Waals surface area contributed by atoms with Crippen molar-refractivity contribution in [2.24, 2.45) is 10.2 Å². The van der Waals surface area contributed by atoms with E-state index < -0.39 is 0 Å². The maximum atomic E-state index is 4.35. The lowest BCUT2D eigenvalue weighted by Crippen LogP contribution is -1.86. The van der Waals surface area contributed by atoms with Crippen molar-refractivity contribution in [3.63, 3.8) is 0 Å². The Morgan fingerprint density at radius 1 is 0.667 bits per heavy atom. The van der Waals surface area contributed by atoms with Crippen molar-refractivity contribution in [3.05, 3.63) is 47.0 Å². The van der Waals surface area contributed by atoms with Crippen LogP contribution in [0.25, 0.3) is 0 Å². The van der Waals surface area contributed by atoms with E-state index in [0.717, 1.165) is 34.2 Å². The molecule has 18 heavy (non-hydrogen) atoms. The molecule has 2 aromatic rings. The molecule has 0 saturated carbocycles. The molecule has 2 aromatic heterocycles. The first-order chi connectivity index (χ1) is 8.56. The molecule has 0 saturated heterocycles. The third kappa shape index (κ3) is 2.77. The zero-order valence-electron chi connectivity index (χ0n) is 11.1. The normalized spacial score (nSPS) is 11.1. The predicted octanol–water partition coefficient (Wildman–Crippen LogP) is 4.13. The average molecular weight is 240 g/mol. The van der Waals surface area contributed by atoms with Gasteiger partial charge in [-0.3, -0.25) is 9.97 Å². The molecule has 0 radical (unpaired) electrons. The van der Waals surface area contributed by atoms with Crippen molar-refractivity contribution >= 4 is 11.4 Å². The van der Waals surface area contributed by atoms with Gasteiger partial charge in [-0.15, -0.1) is 10.2 Å². The van der Waals surface area contributed by atoms with Gasteiger partial charge in [0.1, 0.15) is 11.4 Å². The van der Waals surface area contributed by atoms with Gasteiger partial charge in [-0.2, -0.15) is 0 Å². The lowest BCUT2D eigenvalue weighted by molar-refractivity contribution is 1.07. The molecule has 0 fully saturated rings. The van der Waals surface area contributed by atoms with Gasteiger partial charge in [0, 0.05) is 11.4 Å². The van der Waals surface area contributed by atoms with Gasteiger partial charge in [0.15, 0.2) is 0 Å². The molecular formula is C14H16N4. The van der Waals surface area contributed by atoms with E-state index in [1.54, 1.807) is 0 Å². The Balaban J connectivity index is 2.30. The second-order valence-electron chi connectivity index (χ2n) is 4.31. The average Bonchev–Trinajstić information content (AvgIpc) is 2.30. The first-order valence-electron chi connectivity index (χ1n) is 5.86. The SMILES string of the molecule is Cc1ccc(N=Nc2ccc(C)nc2C)c(C)n1. The fourth-order valence-corrected chi connectivity index (χ4v) is 1.68. The van der Waals surface area contributed by atoms with E-state index in [1.807, 2.05) is 52.0 Å². The minimum Gasteiger partial charge on any atom is -0.256 e. The van der Waals surface area contributed by atoms with Crippen LogP contribution in [0.1, 0.15) is 22.8 Å². The smallest absolute Gasteiger partial charge is 0.107 e. The fraction of sp³-hybridized carbons (Fsp3) is 0.286. The van der Waals surface area contributed by atoms with Gasteiger partial charge in [0.05, 0.1) is 11.4 Å². The Labute approximate surface area is 107 Å². The van der Waals surface area contributed by atoms with E-state index in [4.69, 9.17) is 0 Å². The number of hydrogen-bond acceptors (Lipinski definition) is 4. The zero-order chi connectivity index (χ0) is 13.1. The predicted molar refractivity (Wildman–Crippen MR) is 71.6 cm³/mol. The van der Waals surface area contributed by atoms with E-state index in [-0.39, 0.29) is 0 Å². The highest BCUT2D eigenvalue weighted by atomic mass is 15.1. The van der Waals surface area contributed by atoms with Gasteiger partial charge in [0.2, 0.25) is 0 Å². The Hall–Kier alpha value is -2.10. The maximum absolute atomic E-state index is 4.35. The van der Waals surface area contributed by atoms with Crippen LogP contribution in [-0.2, 0) is 0 Å². The summed E-state index contributed by atoms with van der Waals surface area (Å²) < 4.78 is 0. The number of rotatable bonds is 2. The van der Waals surface area contributed by atoms with Crippen LogP contribution in [-0.4, -0.2) is 9.97 Å². The largest absolute Gasteiger partial charge is 0.256 e. The van der Waals surface area contributed by atoms with Crippen LogP contribution in [0.5, 0.6) is 0 Å². The summed E-state index contributed by atoms with van der Waals surface area (Å²) >= 11 is 0. The highest BCUT2D eigenvalue weighted by Crippen LogP contribution is 2.22. The molecular weight excluding hydrogens is 224 g/mol. The summed E-state index contributed by atoms with van der Waals surface area (Å²) in [6, 6.07) is 7.72. The van der Waals surface area contributed by atoms with Crippen molar-refractivity contribution in [1.82, 2.24) is 9.97 Å². The Kier molecular flexibility index (Phi) is 3.46. The summed E-state index contributed by atoms with van der Waals surface area (Å²) in [6.07, 6.45) is 0. The van der Waals surface area contributed by atoms with Gasteiger partial charge in [-0.05, 0) is 52.0 Å². The maximum Gasteiger partial charge on any atom is 0.107 e. The van der Waals surface area contributed by atoms with Crippen LogP contribution in [0.4, 0.5) is 11.4 Å². The second-order valence-corrected chi connectivity index (χ2v) is 4.31. The standard InChI is InChI=1S/C14H16N4/c1-9-5-7-13(11(3)15-9)17-18-14-8-6-10(2)16-12(14)4/h5-8H,1-4H3. The summed E-state index contributed by atoms with van der Waals surface area (Å²) in [7, 11) is 0. The first kappa shape index (κ1) is 12.4. The van der Waals surface area contributed by atoms with E-state index in [0.29, 0.717) is 0 Å². The topological polar surface area (TPSA) is 50.5 Å². The van der Waals surface area contributed by atoms with Gasteiger partial charge < -0.3 is 0 Å². The van der Waals surface area contributed by atoms with E-state index in [1.165, 1.54) is 0 Å². The van der Waals surface area contributed by atoms with E-state index in [2.05, 4.69) is 20.2 Å². The van der Waals surface area contributed by atoms with E-state index >= 15 is 0 Å². The van der Waals surface area contributed by atoms with Crippen LogP contribution in [0, 0.1) is 27.7 Å². The minimum absolute atomic E-state index is 0.792.